The molecule has 0 aromatic carbocycles. The Morgan fingerprint density at radius 1 is 1.73 bits per heavy atom. The van der Waals surface area contributed by atoms with Gasteiger partial charge in [-0.2, -0.15) is 0 Å². The van der Waals surface area contributed by atoms with Gasteiger partial charge in [-0.3, -0.25) is 4.79 Å². The predicted octanol–water partition coefficient (Wildman–Crippen LogP) is 1.09. The van der Waals surface area contributed by atoms with E-state index in [1.807, 2.05) is 0 Å². The standard InChI is InChI=1S/C6H13O3PS/c1-5(7)11-4-6(8-2)3-9-10/h6H,3-4,10H2,1-2H3. The fourth-order valence-electron chi connectivity index (χ4n) is 0.502. The molecule has 66 valence electrons. The smallest absolute Gasteiger partial charge is 0.185 e. The summed E-state index contributed by atoms with van der Waals surface area (Å²) in [6, 6.07) is 0. The van der Waals surface area contributed by atoms with Gasteiger partial charge in [0.05, 0.1) is 12.7 Å². The first-order chi connectivity index (χ1) is 5.20. The SMILES string of the molecule is COC(COP)CSC(C)=O. The minimum atomic E-state index is 0.00130. The van der Waals surface area contributed by atoms with Crippen LogP contribution in [0.4, 0.5) is 0 Å². The van der Waals surface area contributed by atoms with E-state index >= 15 is 0 Å². The first kappa shape index (κ1) is 11.4. The predicted molar refractivity (Wildman–Crippen MR) is 49.6 cm³/mol. The van der Waals surface area contributed by atoms with E-state index in [9.17, 15) is 4.79 Å². The molecule has 0 fully saturated rings. The highest BCUT2D eigenvalue weighted by Gasteiger charge is 2.07. The van der Waals surface area contributed by atoms with E-state index in [4.69, 9.17) is 9.26 Å². The minimum Gasteiger partial charge on any atom is -0.378 e. The van der Waals surface area contributed by atoms with Gasteiger partial charge >= 0.3 is 0 Å². The molecule has 5 heteroatoms. The van der Waals surface area contributed by atoms with Crippen LogP contribution in [-0.2, 0) is 14.1 Å². The highest BCUT2D eigenvalue weighted by atomic mass is 32.2. The van der Waals surface area contributed by atoms with Gasteiger partial charge in [0.15, 0.2) is 5.12 Å². The van der Waals surface area contributed by atoms with E-state index in [1.54, 1.807) is 14.0 Å². The molecular weight excluding hydrogens is 183 g/mol. The summed E-state index contributed by atoms with van der Waals surface area (Å²) in [5.74, 6) is 0.653. The van der Waals surface area contributed by atoms with Crippen molar-refractivity contribution in [2.75, 3.05) is 19.5 Å². The Morgan fingerprint density at radius 2 is 2.36 bits per heavy atom. The molecule has 0 bridgehead atoms. The fraction of sp³-hybridized carbons (Fsp3) is 0.833. The lowest BCUT2D eigenvalue weighted by molar-refractivity contribution is -0.109. The number of carbonyl (C=O) groups is 1. The molecule has 0 heterocycles. The second kappa shape index (κ2) is 7.04. The monoisotopic (exact) mass is 196 g/mol. The molecule has 0 aromatic rings. The van der Waals surface area contributed by atoms with E-state index < -0.39 is 0 Å². The van der Waals surface area contributed by atoms with Gasteiger partial charge in [0.2, 0.25) is 0 Å². The lowest BCUT2D eigenvalue weighted by Crippen LogP contribution is -2.19. The van der Waals surface area contributed by atoms with Crippen LogP contribution in [0.5, 0.6) is 0 Å². The van der Waals surface area contributed by atoms with Crippen LogP contribution in [0.15, 0.2) is 0 Å². The van der Waals surface area contributed by atoms with Crippen molar-refractivity contribution in [2.45, 2.75) is 13.0 Å². The summed E-state index contributed by atoms with van der Waals surface area (Å²) in [6.45, 7) is 2.04. The van der Waals surface area contributed by atoms with Crippen molar-refractivity contribution in [1.82, 2.24) is 0 Å². The zero-order chi connectivity index (χ0) is 8.69. The van der Waals surface area contributed by atoms with Crippen molar-refractivity contribution < 1.29 is 14.1 Å². The number of methoxy groups -OCH3 is 1. The van der Waals surface area contributed by atoms with Crippen LogP contribution < -0.4 is 0 Å². The van der Waals surface area contributed by atoms with Gasteiger partial charge in [0.1, 0.15) is 0 Å². The van der Waals surface area contributed by atoms with Crippen LogP contribution >= 0.6 is 21.2 Å². The molecule has 0 aliphatic carbocycles. The Morgan fingerprint density at radius 3 is 2.73 bits per heavy atom. The molecule has 0 radical (unpaired) electrons. The lowest BCUT2D eigenvalue weighted by Gasteiger charge is -2.11. The number of hydrogen-bond acceptors (Lipinski definition) is 4. The molecular formula is C6H13O3PS. The molecule has 2 atom stereocenters. The highest BCUT2D eigenvalue weighted by Crippen LogP contribution is 2.07. The molecule has 0 amide bonds. The van der Waals surface area contributed by atoms with Crippen molar-refractivity contribution in [1.29, 1.82) is 0 Å². The maximum Gasteiger partial charge on any atom is 0.185 e. The second-order valence-corrected chi connectivity index (χ2v) is 3.52. The molecule has 0 saturated heterocycles. The van der Waals surface area contributed by atoms with Crippen molar-refractivity contribution in [3.05, 3.63) is 0 Å². The van der Waals surface area contributed by atoms with Crippen molar-refractivity contribution in [3.63, 3.8) is 0 Å². The molecule has 0 spiro atoms. The Labute approximate surface area is 73.5 Å². The maximum absolute atomic E-state index is 10.5. The Balaban J connectivity index is 3.43. The van der Waals surface area contributed by atoms with E-state index in [0.717, 1.165) is 0 Å². The Kier molecular flexibility index (Phi) is 7.28. The Bertz CT molecular complexity index is 120. The molecule has 0 aliphatic heterocycles. The van der Waals surface area contributed by atoms with E-state index in [1.165, 1.54) is 11.8 Å². The fourth-order valence-corrected chi connectivity index (χ4v) is 1.37. The van der Waals surface area contributed by atoms with E-state index in [2.05, 4.69) is 9.47 Å². The summed E-state index contributed by atoms with van der Waals surface area (Å²) in [6.07, 6.45) is 0.00130. The molecule has 11 heavy (non-hydrogen) atoms. The van der Waals surface area contributed by atoms with Gasteiger partial charge in [-0.25, -0.2) is 0 Å². The zero-order valence-electron chi connectivity index (χ0n) is 6.70. The number of carbonyl (C=O) groups excluding carboxylic acids is 1. The summed E-state index contributed by atoms with van der Waals surface area (Å²) in [5.41, 5.74) is 0. The van der Waals surface area contributed by atoms with Crippen molar-refractivity contribution in [2.24, 2.45) is 0 Å². The molecule has 0 aliphatic rings. The normalized spacial score (nSPS) is 13.0. The molecule has 0 aromatic heterocycles. The van der Waals surface area contributed by atoms with Crippen LogP contribution in [0.1, 0.15) is 6.92 Å². The summed E-state index contributed by atoms with van der Waals surface area (Å²) < 4.78 is 9.82. The molecule has 0 N–H and O–H groups in total. The molecule has 3 nitrogen and oxygen atoms in total. The first-order valence-corrected chi connectivity index (χ1v) is 4.64. The number of rotatable bonds is 5. The van der Waals surface area contributed by atoms with Gasteiger partial charge in [0, 0.05) is 29.3 Å². The zero-order valence-corrected chi connectivity index (χ0v) is 8.67. The van der Waals surface area contributed by atoms with E-state index in [0.29, 0.717) is 12.4 Å². The minimum absolute atomic E-state index is 0.00130. The Hall–Kier alpha value is 0.370. The van der Waals surface area contributed by atoms with Gasteiger partial charge in [-0.1, -0.05) is 11.8 Å². The molecule has 0 rings (SSSR count). The summed E-state index contributed by atoms with van der Waals surface area (Å²) >= 11 is 1.25. The quantitative estimate of drug-likeness (QED) is 0.616. The lowest BCUT2D eigenvalue weighted by atomic mass is 10.4. The van der Waals surface area contributed by atoms with Crippen LogP contribution in [0.3, 0.4) is 0 Å². The first-order valence-electron chi connectivity index (χ1n) is 3.18. The number of thioether (sulfide) groups is 1. The summed E-state index contributed by atoms with van der Waals surface area (Å²) in [4.78, 5) is 10.5. The van der Waals surface area contributed by atoms with Crippen LogP contribution in [-0.4, -0.2) is 30.7 Å². The average Bonchev–Trinajstić information content (AvgIpc) is 1.97. The van der Waals surface area contributed by atoms with Crippen molar-refractivity contribution >= 4 is 26.3 Å². The maximum atomic E-state index is 10.5. The third-order valence-corrected chi connectivity index (χ3v) is 2.23. The number of ether oxygens (including phenoxy) is 1. The molecule has 2 unspecified atom stereocenters. The van der Waals surface area contributed by atoms with Crippen LogP contribution in [0.25, 0.3) is 0 Å². The topological polar surface area (TPSA) is 35.5 Å². The average molecular weight is 196 g/mol. The van der Waals surface area contributed by atoms with Crippen molar-refractivity contribution in [3.8, 4) is 0 Å². The summed E-state index contributed by atoms with van der Waals surface area (Å²) in [7, 11) is 3.76. The van der Waals surface area contributed by atoms with Gasteiger partial charge in [-0.05, 0) is 0 Å². The van der Waals surface area contributed by atoms with Gasteiger partial charge < -0.3 is 9.26 Å². The van der Waals surface area contributed by atoms with Crippen LogP contribution in [0.2, 0.25) is 0 Å². The number of hydrogen-bond donors (Lipinski definition) is 0. The van der Waals surface area contributed by atoms with Gasteiger partial charge in [0.25, 0.3) is 0 Å². The third kappa shape index (κ3) is 6.76. The highest BCUT2D eigenvalue weighted by molar-refractivity contribution is 8.13. The van der Waals surface area contributed by atoms with Gasteiger partial charge in [-0.15, -0.1) is 0 Å². The van der Waals surface area contributed by atoms with Crippen LogP contribution in [0, 0.1) is 0 Å². The third-order valence-electron chi connectivity index (χ3n) is 1.09. The van der Waals surface area contributed by atoms with E-state index in [-0.39, 0.29) is 11.2 Å². The molecule has 0 saturated carbocycles. The summed E-state index contributed by atoms with van der Waals surface area (Å²) in [5, 5.41) is 0.107. The second-order valence-electron chi connectivity index (χ2n) is 1.99. The largest absolute Gasteiger partial charge is 0.378 e.